The van der Waals surface area contributed by atoms with Gasteiger partial charge in [0.15, 0.2) is 0 Å². The maximum atomic E-state index is 11.5. The van der Waals surface area contributed by atoms with Gasteiger partial charge in [0.1, 0.15) is 5.69 Å². The zero-order chi connectivity index (χ0) is 12.8. The molecule has 0 bridgehead atoms. The predicted octanol–water partition coefficient (Wildman–Crippen LogP) is 2.30. The Bertz CT molecular complexity index is 506. The number of carbonyl (C=O) groups is 1. The van der Waals surface area contributed by atoms with E-state index in [4.69, 9.17) is 4.74 Å². The molecule has 0 unspecified atom stereocenters. The molecule has 0 N–H and O–H groups in total. The molecule has 18 heavy (non-hydrogen) atoms. The summed E-state index contributed by atoms with van der Waals surface area (Å²) in [5.74, 6) is -0.290. The van der Waals surface area contributed by atoms with Gasteiger partial charge in [0.25, 0.3) is 0 Å². The number of pyridine rings is 1. The SMILES string of the molecule is COC(=O)c1cccn1CCCc1cccnc1. The average Bonchev–Trinajstić information content (AvgIpc) is 2.87. The number of esters is 1. The summed E-state index contributed by atoms with van der Waals surface area (Å²) in [4.78, 5) is 15.6. The highest BCUT2D eigenvalue weighted by Gasteiger charge is 2.09. The number of ether oxygens (including phenoxy) is 1. The number of rotatable bonds is 5. The molecule has 0 atom stereocenters. The van der Waals surface area contributed by atoms with Crippen molar-refractivity contribution in [2.24, 2.45) is 0 Å². The maximum absolute atomic E-state index is 11.5. The molecule has 2 aromatic rings. The Morgan fingerprint density at radius 1 is 1.39 bits per heavy atom. The number of nitrogens with zero attached hydrogens (tertiary/aromatic N) is 2. The van der Waals surface area contributed by atoms with E-state index in [0.717, 1.165) is 19.4 Å². The Morgan fingerprint density at radius 2 is 2.28 bits per heavy atom. The molecular weight excluding hydrogens is 228 g/mol. The molecule has 0 aromatic carbocycles. The van der Waals surface area contributed by atoms with Gasteiger partial charge in [-0.05, 0) is 36.6 Å². The lowest BCUT2D eigenvalue weighted by Crippen LogP contribution is -2.10. The first-order valence-corrected chi connectivity index (χ1v) is 5.93. The molecule has 0 aliphatic carbocycles. The first kappa shape index (κ1) is 12.4. The van der Waals surface area contributed by atoms with Crippen LogP contribution in [0.25, 0.3) is 0 Å². The van der Waals surface area contributed by atoms with Gasteiger partial charge >= 0.3 is 5.97 Å². The van der Waals surface area contributed by atoms with Crippen molar-refractivity contribution in [2.75, 3.05) is 7.11 Å². The van der Waals surface area contributed by atoms with Crippen LogP contribution in [0.3, 0.4) is 0 Å². The van der Waals surface area contributed by atoms with Crippen LogP contribution in [0.1, 0.15) is 22.5 Å². The Labute approximate surface area is 106 Å². The van der Waals surface area contributed by atoms with Crippen LogP contribution in [0, 0.1) is 0 Å². The van der Waals surface area contributed by atoms with Crippen LogP contribution in [0.15, 0.2) is 42.9 Å². The molecule has 0 saturated heterocycles. The van der Waals surface area contributed by atoms with Crippen molar-refractivity contribution in [3.8, 4) is 0 Å². The van der Waals surface area contributed by atoms with Crippen LogP contribution in [0.2, 0.25) is 0 Å². The van der Waals surface area contributed by atoms with Gasteiger partial charge in [-0.15, -0.1) is 0 Å². The van der Waals surface area contributed by atoms with Crippen LogP contribution >= 0.6 is 0 Å². The van der Waals surface area contributed by atoms with Crippen molar-refractivity contribution in [1.82, 2.24) is 9.55 Å². The van der Waals surface area contributed by atoms with E-state index >= 15 is 0 Å². The Hall–Kier alpha value is -2.10. The fourth-order valence-corrected chi connectivity index (χ4v) is 1.90. The summed E-state index contributed by atoms with van der Waals surface area (Å²) in [6, 6.07) is 7.63. The zero-order valence-corrected chi connectivity index (χ0v) is 10.4. The maximum Gasteiger partial charge on any atom is 0.354 e. The third-order valence-electron chi connectivity index (χ3n) is 2.81. The molecule has 2 heterocycles. The van der Waals surface area contributed by atoms with E-state index < -0.39 is 0 Å². The minimum absolute atomic E-state index is 0.290. The number of aromatic nitrogens is 2. The van der Waals surface area contributed by atoms with Crippen LogP contribution in [0.5, 0.6) is 0 Å². The van der Waals surface area contributed by atoms with Crippen LogP contribution in [-0.4, -0.2) is 22.6 Å². The van der Waals surface area contributed by atoms with E-state index in [9.17, 15) is 4.79 Å². The van der Waals surface area contributed by atoms with Crippen LogP contribution in [-0.2, 0) is 17.7 Å². The first-order valence-electron chi connectivity index (χ1n) is 5.93. The number of carbonyl (C=O) groups excluding carboxylic acids is 1. The summed E-state index contributed by atoms with van der Waals surface area (Å²) < 4.78 is 6.65. The minimum atomic E-state index is -0.290. The zero-order valence-electron chi connectivity index (χ0n) is 10.4. The fraction of sp³-hybridized carbons (Fsp3) is 0.286. The minimum Gasteiger partial charge on any atom is -0.464 e. The molecule has 0 radical (unpaired) electrons. The van der Waals surface area contributed by atoms with Crippen molar-refractivity contribution in [2.45, 2.75) is 19.4 Å². The van der Waals surface area contributed by atoms with Gasteiger partial charge in [-0.2, -0.15) is 0 Å². The smallest absolute Gasteiger partial charge is 0.354 e. The van der Waals surface area contributed by atoms with E-state index in [1.54, 1.807) is 12.3 Å². The van der Waals surface area contributed by atoms with Gasteiger partial charge in [-0.1, -0.05) is 6.07 Å². The second kappa shape index (κ2) is 6.00. The highest BCUT2D eigenvalue weighted by Crippen LogP contribution is 2.07. The van der Waals surface area contributed by atoms with E-state index in [0.29, 0.717) is 5.69 Å². The third kappa shape index (κ3) is 2.97. The summed E-state index contributed by atoms with van der Waals surface area (Å²) >= 11 is 0. The molecular formula is C14H16N2O2. The summed E-state index contributed by atoms with van der Waals surface area (Å²) in [7, 11) is 1.40. The highest BCUT2D eigenvalue weighted by atomic mass is 16.5. The molecule has 4 heteroatoms. The third-order valence-corrected chi connectivity index (χ3v) is 2.81. The lowest BCUT2D eigenvalue weighted by atomic mass is 10.1. The topological polar surface area (TPSA) is 44.1 Å². The number of hydrogen-bond donors (Lipinski definition) is 0. The summed E-state index contributed by atoms with van der Waals surface area (Å²) in [6.45, 7) is 0.798. The van der Waals surface area contributed by atoms with E-state index in [-0.39, 0.29) is 5.97 Å². The van der Waals surface area contributed by atoms with Gasteiger partial charge < -0.3 is 9.30 Å². The molecule has 2 aromatic heterocycles. The van der Waals surface area contributed by atoms with E-state index in [2.05, 4.69) is 11.1 Å². The van der Waals surface area contributed by atoms with Crippen molar-refractivity contribution in [1.29, 1.82) is 0 Å². The molecule has 0 aliphatic heterocycles. The van der Waals surface area contributed by atoms with Crippen molar-refractivity contribution < 1.29 is 9.53 Å². The monoisotopic (exact) mass is 244 g/mol. The second-order valence-electron chi connectivity index (χ2n) is 4.04. The summed E-state index contributed by atoms with van der Waals surface area (Å²) in [6.07, 6.45) is 7.45. The Balaban J connectivity index is 1.91. The normalized spacial score (nSPS) is 10.3. The molecule has 94 valence electrons. The summed E-state index contributed by atoms with van der Waals surface area (Å²) in [5.41, 5.74) is 1.81. The second-order valence-corrected chi connectivity index (χ2v) is 4.04. The summed E-state index contributed by atoms with van der Waals surface area (Å²) in [5, 5.41) is 0. The first-order chi connectivity index (χ1) is 8.81. The average molecular weight is 244 g/mol. The molecule has 0 spiro atoms. The van der Waals surface area contributed by atoms with Gasteiger partial charge in [-0.3, -0.25) is 4.98 Å². The van der Waals surface area contributed by atoms with Gasteiger partial charge in [0.05, 0.1) is 7.11 Å². The van der Waals surface area contributed by atoms with Gasteiger partial charge in [0, 0.05) is 25.1 Å². The molecule has 0 aliphatic rings. The van der Waals surface area contributed by atoms with Gasteiger partial charge in [-0.25, -0.2) is 4.79 Å². The fourth-order valence-electron chi connectivity index (χ4n) is 1.90. The number of methoxy groups -OCH3 is 1. The molecule has 0 saturated carbocycles. The Morgan fingerprint density at radius 3 is 3.00 bits per heavy atom. The Kier molecular flexibility index (Phi) is 4.12. The predicted molar refractivity (Wildman–Crippen MR) is 68.3 cm³/mol. The standard InChI is InChI=1S/C14H16N2O2/c1-18-14(17)13-7-4-10-16(13)9-3-6-12-5-2-8-15-11-12/h2,4-5,7-8,10-11H,3,6,9H2,1H3. The number of hydrogen-bond acceptors (Lipinski definition) is 3. The van der Waals surface area contributed by atoms with Crippen molar-refractivity contribution in [3.63, 3.8) is 0 Å². The van der Waals surface area contributed by atoms with E-state index in [1.807, 2.05) is 29.1 Å². The molecule has 2 rings (SSSR count). The van der Waals surface area contributed by atoms with Crippen LogP contribution < -0.4 is 0 Å². The van der Waals surface area contributed by atoms with Crippen LogP contribution in [0.4, 0.5) is 0 Å². The lowest BCUT2D eigenvalue weighted by Gasteiger charge is -2.07. The van der Waals surface area contributed by atoms with Gasteiger partial charge in [0.2, 0.25) is 0 Å². The van der Waals surface area contributed by atoms with Crippen molar-refractivity contribution in [3.05, 3.63) is 54.1 Å². The lowest BCUT2D eigenvalue weighted by molar-refractivity contribution is 0.0588. The largest absolute Gasteiger partial charge is 0.464 e. The molecule has 0 amide bonds. The molecule has 0 fully saturated rings. The highest BCUT2D eigenvalue weighted by molar-refractivity contribution is 5.87. The number of aryl methyl sites for hydroxylation is 2. The molecule has 4 nitrogen and oxygen atoms in total. The quantitative estimate of drug-likeness (QED) is 0.758. The van der Waals surface area contributed by atoms with Crippen molar-refractivity contribution >= 4 is 5.97 Å². The van der Waals surface area contributed by atoms with E-state index in [1.165, 1.54) is 12.7 Å².